The van der Waals surface area contributed by atoms with Crippen molar-refractivity contribution in [3.8, 4) is 0 Å². The van der Waals surface area contributed by atoms with Crippen molar-refractivity contribution >= 4 is 0 Å². The molecule has 0 aliphatic rings. The molecule has 1 radical (unpaired) electrons. The Labute approximate surface area is 76.8 Å². The van der Waals surface area contributed by atoms with Crippen LogP contribution in [0.25, 0.3) is 0 Å². The van der Waals surface area contributed by atoms with Crippen molar-refractivity contribution in [2.45, 2.75) is 46.1 Å². The van der Waals surface area contributed by atoms with Crippen molar-refractivity contribution < 1.29 is 4.74 Å². The van der Waals surface area contributed by atoms with Gasteiger partial charge >= 0.3 is 0 Å². The summed E-state index contributed by atoms with van der Waals surface area (Å²) in [4.78, 5) is 0. The van der Waals surface area contributed by atoms with Crippen molar-refractivity contribution in [1.82, 2.24) is 0 Å². The summed E-state index contributed by atoms with van der Waals surface area (Å²) in [5.41, 5.74) is 0.166. The molecule has 0 aliphatic heterocycles. The van der Waals surface area contributed by atoms with Gasteiger partial charge in [-0.1, -0.05) is 46.3 Å². The van der Waals surface area contributed by atoms with Gasteiger partial charge in [-0.15, -0.1) is 0 Å². The monoisotopic (exact) mass is 169 g/mol. The Kier molecular flexibility index (Phi) is 5.23. The lowest BCUT2D eigenvalue weighted by molar-refractivity contribution is 0.0362. The molecule has 0 aliphatic carbocycles. The van der Waals surface area contributed by atoms with Gasteiger partial charge in [0.2, 0.25) is 0 Å². The summed E-state index contributed by atoms with van der Waals surface area (Å²) >= 11 is 0. The highest BCUT2D eigenvalue weighted by Crippen LogP contribution is 2.29. The zero-order valence-corrected chi connectivity index (χ0v) is 8.76. The first-order valence-corrected chi connectivity index (χ1v) is 4.66. The molecule has 0 N–H and O–H groups in total. The summed E-state index contributed by atoms with van der Waals surface area (Å²) in [5, 5.41) is 0. The van der Waals surface area contributed by atoms with E-state index in [1.165, 1.54) is 12.8 Å². The van der Waals surface area contributed by atoms with Crippen LogP contribution in [0.3, 0.4) is 0 Å². The Bertz CT molecular complexity index is 127. The maximum Gasteiger partial charge on any atom is 0.0805 e. The van der Waals surface area contributed by atoms with Crippen molar-refractivity contribution in [3.63, 3.8) is 0 Å². The number of ether oxygens (including phenoxy) is 1. The quantitative estimate of drug-likeness (QED) is 0.593. The van der Waals surface area contributed by atoms with E-state index in [1.54, 1.807) is 13.2 Å². The van der Waals surface area contributed by atoms with E-state index in [2.05, 4.69) is 20.8 Å². The van der Waals surface area contributed by atoms with Crippen LogP contribution in [0.2, 0.25) is 0 Å². The molecule has 1 atom stereocenters. The van der Waals surface area contributed by atoms with Crippen molar-refractivity contribution in [1.29, 1.82) is 0 Å². The molecule has 12 heavy (non-hydrogen) atoms. The van der Waals surface area contributed by atoms with Crippen molar-refractivity contribution in [3.05, 3.63) is 12.7 Å². The van der Waals surface area contributed by atoms with Crippen LogP contribution in [0.4, 0.5) is 0 Å². The molecule has 0 rings (SSSR count). The van der Waals surface area contributed by atoms with Gasteiger partial charge in [-0.2, -0.15) is 0 Å². The van der Waals surface area contributed by atoms with E-state index >= 15 is 0 Å². The number of hydrogen-bond donors (Lipinski definition) is 0. The Hall–Kier alpha value is -0.300. The normalized spacial score (nSPS) is 14.3. The van der Waals surface area contributed by atoms with Crippen LogP contribution in [0, 0.1) is 12.0 Å². The van der Waals surface area contributed by atoms with Crippen LogP contribution in [0.15, 0.2) is 6.08 Å². The molecule has 0 bridgehead atoms. The van der Waals surface area contributed by atoms with E-state index in [0.29, 0.717) is 0 Å². The summed E-state index contributed by atoms with van der Waals surface area (Å²) < 4.78 is 5.28. The average Bonchev–Trinajstić information content (AvgIpc) is 2.03. The highest BCUT2D eigenvalue weighted by atomic mass is 16.5. The molecular formula is C11H21O. The molecule has 1 nitrogen and oxygen atoms in total. The second-order valence-electron chi connectivity index (χ2n) is 3.94. The largest absolute Gasteiger partial charge is 0.377 e. The van der Waals surface area contributed by atoms with E-state index in [1.807, 2.05) is 0 Å². The predicted molar refractivity (Wildman–Crippen MR) is 53.0 cm³/mol. The predicted octanol–water partition coefficient (Wildman–Crippen LogP) is 3.21. The smallest absolute Gasteiger partial charge is 0.0805 e. The van der Waals surface area contributed by atoms with Crippen LogP contribution in [-0.2, 0) is 4.74 Å². The zero-order valence-electron chi connectivity index (χ0n) is 8.76. The van der Waals surface area contributed by atoms with Gasteiger partial charge in [-0.25, -0.2) is 0 Å². The van der Waals surface area contributed by atoms with Crippen molar-refractivity contribution in [2.24, 2.45) is 5.41 Å². The number of rotatable bonds is 6. The summed E-state index contributed by atoms with van der Waals surface area (Å²) in [6.07, 6.45) is 5.35. The minimum absolute atomic E-state index is 0.0732. The van der Waals surface area contributed by atoms with Gasteiger partial charge < -0.3 is 4.74 Å². The molecule has 0 spiro atoms. The average molecular weight is 169 g/mol. The van der Waals surface area contributed by atoms with Crippen LogP contribution in [0.1, 0.15) is 40.0 Å². The fraction of sp³-hybridized carbons (Fsp3) is 0.818. The van der Waals surface area contributed by atoms with Crippen LogP contribution in [0.5, 0.6) is 0 Å². The highest BCUT2D eigenvalue weighted by molar-refractivity contribution is 4.89. The lowest BCUT2D eigenvalue weighted by Gasteiger charge is -2.31. The molecule has 0 saturated heterocycles. The third-order valence-electron chi connectivity index (χ3n) is 2.37. The molecule has 71 valence electrons. The molecule has 0 aromatic carbocycles. The lowest BCUT2D eigenvalue weighted by Crippen LogP contribution is -2.29. The summed E-state index contributed by atoms with van der Waals surface area (Å²) in [5.74, 6) is 0. The SMILES string of the molecule is [CH]=CC(OC)C(C)(C)CCCC. The van der Waals surface area contributed by atoms with E-state index in [0.717, 1.165) is 6.42 Å². The van der Waals surface area contributed by atoms with E-state index in [9.17, 15) is 0 Å². The van der Waals surface area contributed by atoms with Gasteiger partial charge in [0.15, 0.2) is 0 Å². The zero-order chi connectivity index (χ0) is 9.61. The van der Waals surface area contributed by atoms with Gasteiger partial charge in [0.1, 0.15) is 0 Å². The number of unbranched alkanes of at least 4 members (excludes halogenated alkanes) is 1. The Balaban J connectivity index is 4.04. The Morgan fingerprint density at radius 1 is 1.50 bits per heavy atom. The maximum absolute atomic E-state index is 5.49. The molecule has 0 aromatic rings. The van der Waals surface area contributed by atoms with Crippen LogP contribution < -0.4 is 0 Å². The molecule has 1 unspecified atom stereocenters. The van der Waals surface area contributed by atoms with Gasteiger partial charge in [-0.3, -0.25) is 0 Å². The van der Waals surface area contributed by atoms with E-state index in [4.69, 9.17) is 11.3 Å². The first-order chi connectivity index (χ1) is 5.58. The minimum atomic E-state index is 0.0732. The fourth-order valence-electron chi connectivity index (χ4n) is 1.43. The van der Waals surface area contributed by atoms with Crippen molar-refractivity contribution in [2.75, 3.05) is 7.11 Å². The Morgan fingerprint density at radius 2 is 2.08 bits per heavy atom. The second-order valence-corrected chi connectivity index (χ2v) is 3.94. The molecule has 0 fully saturated rings. The molecule has 0 aromatic heterocycles. The second kappa shape index (κ2) is 5.36. The molecule has 0 heterocycles. The third kappa shape index (κ3) is 3.40. The van der Waals surface area contributed by atoms with Crippen LogP contribution in [-0.4, -0.2) is 13.2 Å². The van der Waals surface area contributed by atoms with E-state index < -0.39 is 0 Å². The Morgan fingerprint density at radius 3 is 2.42 bits per heavy atom. The topological polar surface area (TPSA) is 9.23 Å². The number of methoxy groups -OCH3 is 1. The van der Waals surface area contributed by atoms with Gasteiger partial charge in [0, 0.05) is 7.11 Å². The molecule has 0 amide bonds. The third-order valence-corrected chi connectivity index (χ3v) is 2.37. The fourth-order valence-corrected chi connectivity index (χ4v) is 1.43. The van der Waals surface area contributed by atoms with Crippen LogP contribution >= 0.6 is 0 Å². The highest BCUT2D eigenvalue weighted by Gasteiger charge is 2.26. The first kappa shape index (κ1) is 11.7. The van der Waals surface area contributed by atoms with Gasteiger partial charge in [0.05, 0.1) is 6.10 Å². The first-order valence-electron chi connectivity index (χ1n) is 4.66. The lowest BCUT2D eigenvalue weighted by atomic mass is 9.81. The standard InChI is InChI=1S/C11H21O/c1-6-8-9-11(3,4)10(7-2)12-5/h2,7,10H,6,8-9H2,1,3-5H3. The van der Waals surface area contributed by atoms with E-state index in [-0.39, 0.29) is 11.5 Å². The minimum Gasteiger partial charge on any atom is -0.377 e. The summed E-state index contributed by atoms with van der Waals surface area (Å²) in [6.45, 7) is 12.1. The molecular weight excluding hydrogens is 148 g/mol. The maximum atomic E-state index is 5.49. The molecule has 1 heteroatoms. The summed E-state index contributed by atoms with van der Waals surface area (Å²) in [6, 6.07) is 0. The van der Waals surface area contributed by atoms with Gasteiger partial charge in [-0.05, 0) is 11.8 Å². The number of hydrogen-bond acceptors (Lipinski definition) is 1. The van der Waals surface area contributed by atoms with Gasteiger partial charge in [0.25, 0.3) is 0 Å². The summed E-state index contributed by atoms with van der Waals surface area (Å²) in [7, 11) is 1.71. The molecule has 0 saturated carbocycles.